The second-order valence-electron chi connectivity index (χ2n) is 9.78. The first-order chi connectivity index (χ1) is 13.3. The second-order valence-corrected chi connectivity index (χ2v) is 9.78. The van der Waals surface area contributed by atoms with Crippen LogP contribution in [0.4, 0.5) is 13.2 Å². The number of halogens is 3. The number of ether oxygens (including phenoxy) is 2. The van der Waals surface area contributed by atoms with Gasteiger partial charge in [0.05, 0.1) is 17.8 Å². The third kappa shape index (κ3) is 8.72. The fourth-order valence-corrected chi connectivity index (χ4v) is 4.52. The van der Waals surface area contributed by atoms with Gasteiger partial charge in [-0.3, -0.25) is 4.90 Å². The monoisotopic (exact) mass is 424 g/mol. The van der Waals surface area contributed by atoms with Crippen LogP contribution < -0.4 is 0 Å². The topological polar surface area (TPSA) is 24.9 Å². The highest BCUT2D eigenvalue weighted by atomic mass is 19.4. The summed E-state index contributed by atoms with van der Waals surface area (Å²) in [6.07, 6.45) is -0.254. The van der Waals surface area contributed by atoms with Crippen LogP contribution in [-0.2, 0) is 9.47 Å². The van der Waals surface area contributed by atoms with E-state index in [2.05, 4.69) is 27.7 Å². The predicted molar refractivity (Wildman–Crippen MR) is 112 cm³/mol. The third-order valence-corrected chi connectivity index (χ3v) is 5.92. The number of methoxy groups -OCH3 is 1. The number of hydrogen-bond acceptors (Lipinski definition) is 4. The molecule has 0 bridgehead atoms. The average molecular weight is 425 g/mol. The van der Waals surface area contributed by atoms with Crippen LogP contribution in [0.3, 0.4) is 0 Å². The van der Waals surface area contributed by atoms with Crippen LogP contribution in [0.1, 0.15) is 67.2 Å². The molecule has 1 heterocycles. The summed E-state index contributed by atoms with van der Waals surface area (Å²) in [7, 11) is 3.48. The summed E-state index contributed by atoms with van der Waals surface area (Å²) in [5.41, 5.74) is -0.383. The molecule has 29 heavy (non-hydrogen) atoms. The zero-order valence-corrected chi connectivity index (χ0v) is 19.7. The minimum absolute atomic E-state index is 0.0564. The average Bonchev–Trinajstić information content (AvgIpc) is 2.56. The fourth-order valence-electron chi connectivity index (χ4n) is 4.52. The number of nitrogens with zero attached hydrogens (tertiary/aromatic N) is 2. The van der Waals surface area contributed by atoms with Gasteiger partial charge in [-0.15, -0.1) is 0 Å². The molecule has 1 aliphatic heterocycles. The van der Waals surface area contributed by atoms with Crippen molar-refractivity contribution in [1.29, 1.82) is 0 Å². The van der Waals surface area contributed by atoms with Crippen molar-refractivity contribution < 1.29 is 22.6 Å². The van der Waals surface area contributed by atoms with Crippen LogP contribution in [0.5, 0.6) is 0 Å². The molecule has 0 spiro atoms. The van der Waals surface area contributed by atoms with Gasteiger partial charge in [-0.1, -0.05) is 27.7 Å². The Labute approximate surface area is 176 Å². The molecule has 0 aromatic heterocycles. The van der Waals surface area contributed by atoms with Gasteiger partial charge in [0.25, 0.3) is 0 Å². The summed E-state index contributed by atoms with van der Waals surface area (Å²) in [5.74, 6) is 0. The minimum Gasteiger partial charge on any atom is -0.381 e. The van der Waals surface area contributed by atoms with Crippen LogP contribution in [0.2, 0.25) is 0 Å². The highest BCUT2D eigenvalue weighted by molar-refractivity contribution is 4.90. The van der Waals surface area contributed by atoms with Crippen molar-refractivity contribution >= 4 is 0 Å². The minimum atomic E-state index is -4.18. The number of piperazine rings is 1. The highest BCUT2D eigenvalue weighted by Gasteiger charge is 2.46. The first-order valence-electron chi connectivity index (χ1n) is 11.0. The Morgan fingerprint density at radius 1 is 0.966 bits per heavy atom. The Bertz CT molecular complexity index is 477. The zero-order chi connectivity index (χ0) is 22.5. The molecule has 174 valence electrons. The molecule has 1 saturated carbocycles. The fraction of sp³-hybridized carbons (Fsp3) is 1.00. The lowest BCUT2D eigenvalue weighted by Crippen LogP contribution is -2.58. The normalized spacial score (nSPS) is 27.2. The van der Waals surface area contributed by atoms with Crippen LogP contribution in [-0.4, -0.2) is 80.2 Å². The SMILES string of the molecule is CC.COC1CC(OC(C)(C)CC(C)(C)CCN2CCN(C)CC2C(F)(F)F)C1. The maximum atomic E-state index is 13.4. The standard InChI is InChI=1S/C20H37F3N2O2.C2H6/c1-18(2,14-19(3,4)27-16-11-15(12-16)26-6)7-8-25-10-9-24(5)13-17(25)20(21,22)23;1-2/h15-17H,7-14H2,1-6H3;1-2H3. The van der Waals surface area contributed by atoms with E-state index in [-0.39, 0.29) is 23.7 Å². The van der Waals surface area contributed by atoms with Gasteiger partial charge in [-0.25, -0.2) is 0 Å². The molecule has 7 heteroatoms. The van der Waals surface area contributed by atoms with Gasteiger partial charge < -0.3 is 14.4 Å². The van der Waals surface area contributed by atoms with Crippen molar-refractivity contribution in [3.63, 3.8) is 0 Å². The summed E-state index contributed by atoms with van der Waals surface area (Å²) < 4.78 is 51.8. The summed E-state index contributed by atoms with van der Waals surface area (Å²) in [4.78, 5) is 3.38. The molecule has 1 unspecified atom stereocenters. The van der Waals surface area contributed by atoms with Crippen molar-refractivity contribution in [3.05, 3.63) is 0 Å². The molecule has 1 aliphatic carbocycles. The van der Waals surface area contributed by atoms with E-state index in [1.807, 2.05) is 13.8 Å². The van der Waals surface area contributed by atoms with Crippen LogP contribution >= 0.6 is 0 Å². The largest absolute Gasteiger partial charge is 0.405 e. The zero-order valence-electron chi connectivity index (χ0n) is 19.7. The highest BCUT2D eigenvalue weighted by Crippen LogP contribution is 2.38. The van der Waals surface area contributed by atoms with E-state index >= 15 is 0 Å². The lowest BCUT2D eigenvalue weighted by atomic mass is 9.78. The smallest absolute Gasteiger partial charge is 0.381 e. The first-order valence-corrected chi connectivity index (χ1v) is 11.0. The van der Waals surface area contributed by atoms with Gasteiger partial charge in [-0.05, 0) is 58.5 Å². The van der Waals surface area contributed by atoms with Crippen LogP contribution in [0.25, 0.3) is 0 Å². The number of likely N-dealkylation sites (N-methyl/N-ethyl adjacent to an activating group) is 1. The van der Waals surface area contributed by atoms with Crippen molar-refractivity contribution in [2.75, 3.05) is 40.3 Å². The molecule has 0 radical (unpaired) electrons. The molecule has 2 fully saturated rings. The summed E-state index contributed by atoms with van der Waals surface area (Å²) in [5, 5.41) is 0. The molecular weight excluding hydrogens is 381 g/mol. The Morgan fingerprint density at radius 2 is 1.55 bits per heavy atom. The maximum Gasteiger partial charge on any atom is 0.405 e. The van der Waals surface area contributed by atoms with Crippen LogP contribution in [0, 0.1) is 5.41 Å². The van der Waals surface area contributed by atoms with E-state index in [1.165, 1.54) is 0 Å². The van der Waals surface area contributed by atoms with Gasteiger partial charge in [0.1, 0.15) is 6.04 Å². The maximum absolute atomic E-state index is 13.4. The molecule has 1 atom stereocenters. The molecule has 4 nitrogen and oxygen atoms in total. The number of hydrogen-bond donors (Lipinski definition) is 0. The molecule has 0 aromatic carbocycles. The number of rotatable bonds is 8. The van der Waals surface area contributed by atoms with Gasteiger partial charge in [-0.2, -0.15) is 13.2 Å². The van der Waals surface area contributed by atoms with Gasteiger partial charge in [0, 0.05) is 26.7 Å². The molecule has 2 rings (SSSR count). The first kappa shape index (κ1) is 26.7. The van der Waals surface area contributed by atoms with Crippen molar-refractivity contribution in [2.45, 2.75) is 97.3 Å². The number of alkyl halides is 3. The predicted octanol–water partition coefficient (Wildman–Crippen LogP) is 4.97. The van der Waals surface area contributed by atoms with E-state index in [4.69, 9.17) is 9.47 Å². The van der Waals surface area contributed by atoms with Gasteiger partial charge in [0.15, 0.2) is 0 Å². The van der Waals surface area contributed by atoms with Crippen molar-refractivity contribution in [2.24, 2.45) is 5.41 Å². The van der Waals surface area contributed by atoms with E-state index in [9.17, 15) is 13.2 Å². The molecule has 0 amide bonds. The molecule has 2 aliphatic rings. The lowest BCUT2D eigenvalue weighted by Gasteiger charge is -2.44. The summed E-state index contributed by atoms with van der Waals surface area (Å²) in [6.45, 7) is 14.1. The molecule has 0 aromatic rings. The van der Waals surface area contributed by atoms with E-state index in [0.717, 1.165) is 25.7 Å². The van der Waals surface area contributed by atoms with Crippen molar-refractivity contribution in [3.8, 4) is 0 Å². The molecule has 0 N–H and O–H groups in total. The van der Waals surface area contributed by atoms with Gasteiger partial charge in [0.2, 0.25) is 0 Å². The summed E-state index contributed by atoms with van der Waals surface area (Å²) >= 11 is 0. The van der Waals surface area contributed by atoms with E-state index in [0.29, 0.717) is 25.7 Å². The molecular formula is C22H43F3N2O2. The van der Waals surface area contributed by atoms with E-state index in [1.54, 1.807) is 24.0 Å². The Morgan fingerprint density at radius 3 is 2.07 bits per heavy atom. The Balaban J connectivity index is 0.00000204. The molecule has 1 saturated heterocycles. The van der Waals surface area contributed by atoms with Gasteiger partial charge >= 0.3 is 6.18 Å². The third-order valence-electron chi connectivity index (χ3n) is 5.92. The van der Waals surface area contributed by atoms with Crippen molar-refractivity contribution in [1.82, 2.24) is 9.80 Å². The lowest BCUT2D eigenvalue weighted by molar-refractivity contribution is -0.197. The second kappa shape index (κ2) is 10.8. The Hall–Kier alpha value is -0.370. The quantitative estimate of drug-likeness (QED) is 0.549. The Kier molecular flexibility index (Phi) is 9.91. The summed E-state index contributed by atoms with van der Waals surface area (Å²) in [6, 6.07) is -1.36. The van der Waals surface area contributed by atoms with E-state index < -0.39 is 12.2 Å². The van der Waals surface area contributed by atoms with Crippen LogP contribution in [0.15, 0.2) is 0 Å².